The van der Waals surface area contributed by atoms with Gasteiger partial charge in [0.2, 0.25) is 0 Å². The summed E-state index contributed by atoms with van der Waals surface area (Å²) in [6, 6.07) is 22.8. The highest BCUT2D eigenvalue weighted by atomic mass is 15.4. The Morgan fingerprint density at radius 2 is 1.45 bits per heavy atom. The number of hydrogen-bond donors (Lipinski definition) is 0. The average molecular weight is 286 g/mol. The van der Waals surface area contributed by atoms with Crippen molar-refractivity contribution in [3.8, 4) is 0 Å². The predicted octanol–water partition coefficient (Wildman–Crippen LogP) is 4.80. The maximum Gasteiger partial charge on any atom is 0.158 e. The van der Waals surface area contributed by atoms with Gasteiger partial charge in [-0.15, -0.1) is 0 Å². The second-order valence-electron chi connectivity index (χ2n) is 5.32. The van der Waals surface area contributed by atoms with E-state index >= 15 is 0 Å². The molecular formula is C19H16N3. The molecule has 4 rings (SSSR count). The van der Waals surface area contributed by atoms with Crippen LogP contribution in [0.25, 0.3) is 0 Å². The number of hydrogen-bond acceptors (Lipinski definition) is 3. The summed E-state index contributed by atoms with van der Waals surface area (Å²) in [6.07, 6.45) is 1.84. The maximum atomic E-state index is 4.59. The largest absolute Gasteiger partial charge is 0.313 e. The summed E-state index contributed by atoms with van der Waals surface area (Å²) in [5.41, 5.74) is 4.61. The molecule has 2 heterocycles. The highest BCUT2D eigenvalue weighted by Gasteiger charge is 2.30. The second-order valence-corrected chi connectivity index (χ2v) is 5.32. The van der Waals surface area contributed by atoms with Gasteiger partial charge >= 0.3 is 0 Å². The molecular weight excluding hydrogens is 270 g/mol. The van der Waals surface area contributed by atoms with Gasteiger partial charge in [0.05, 0.1) is 5.69 Å². The molecule has 0 amide bonds. The molecule has 1 aliphatic heterocycles. The summed E-state index contributed by atoms with van der Waals surface area (Å²) < 4.78 is 0. The van der Waals surface area contributed by atoms with E-state index in [1.165, 1.54) is 5.56 Å². The van der Waals surface area contributed by atoms with Crippen LogP contribution in [0.1, 0.15) is 5.56 Å². The van der Waals surface area contributed by atoms with Crippen LogP contribution in [0.2, 0.25) is 0 Å². The Balaban J connectivity index is 1.83. The van der Waals surface area contributed by atoms with E-state index in [9.17, 15) is 0 Å². The van der Waals surface area contributed by atoms with E-state index in [0.717, 1.165) is 22.9 Å². The van der Waals surface area contributed by atoms with E-state index < -0.39 is 0 Å². The quantitative estimate of drug-likeness (QED) is 0.674. The van der Waals surface area contributed by atoms with Gasteiger partial charge in [-0.2, -0.15) is 0 Å². The lowest BCUT2D eigenvalue weighted by atomic mass is 10.2. The lowest BCUT2D eigenvalue weighted by Gasteiger charge is -2.21. The molecule has 0 N–H and O–H groups in total. The van der Waals surface area contributed by atoms with Crippen molar-refractivity contribution in [2.24, 2.45) is 0 Å². The molecule has 1 aliphatic rings. The Bertz CT molecular complexity index is 799. The maximum absolute atomic E-state index is 4.59. The fraction of sp³-hybridized carbons (Fsp3) is 0.0526. The molecule has 0 aliphatic carbocycles. The minimum atomic E-state index is 0.959. The van der Waals surface area contributed by atoms with Crippen LogP contribution in [0, 0.1) is 13.6 Å². The summed E-state index contributed by atoms with van der Waals surface area (Å²) in [4.78, 5) is 8.91. The van der Waals surface area contributed by atoms with E-state index in [4.69, 9.17) is 0 Å². The fourth-order valence-corrected chi connectivity index (χ4v) is 2.80. The molecule has 107 valence electrons. The Labute approximate surface area is 130 Å². The van der Waals surface area contributed by atoms with Gasteiger partial charge in [0.1, 0.15) is 0 Å². The Morgan fingerprint density at radius 1 is 0.727 bits per heavy atom. The van der Waals surface area contributed by atoms with Crippen molar-refractivity contribution in [1.29, 1.82) is 0 Å². The van der Waals surface area contributed by atoms with Gasteiger partial charge in [0, 0.05) is 17.6 Å². The summed E-state index contributed by atoms with van der Waals surface area (Å²) in [5.74, 6) is 0.959. The van der Waals surface area contributed by atoms with Gasteiger partial charge in [0.15, 0.2) is 12.5 Å². The van der Waals surface area contributed by atoms with Crippen molar-refractivity contribution in [3.05, 3.63) is 85.2 Å². The van der Waals surface area contributed by atoms with Gasteiger partial charge in [-0.25, -0.2) is 4.98 Å². The number of benzene rings is 2. The van der Waals surface area contributed by atoms with E-state index in [1.54, 1.807) is 0 Å². The molecule has 0 unspecified atom stereocenters. The minimum absolute atomic E-state index is 0.959. The van der Waals surface area contributed by atoms with Crippen LogP contribution in [0.3, 0.4) is 0 Å². The molecule has 2 aromatic carbocycles. The van der Waals surface area contributed by atoms with Crippen molar-refractivity contribution in [3.63, 3.8) is 0 Å². The first-order valence-electron chi connectivity index (χ1n) is 7.34. The number of pyridine rings is 1. The highest BCUT2D eigenvalue weighted by molar-refractivity contribution is 5.87. The van der Waals surface area contributed by atoms with E-state index in [1.807, 2.05) is 18.3 Å². The molecule has 3 aromatic rings. The second kappa shape index (κ2) is 5.19. The minimum Gasteiger partial charge on any atom is -0.313 e. The number of rotatable bonds is 2. The lowest BCUT2D eigenvalue weighted by molar-refractivity contribution is 1.10. The summed E-state index contributed by atoms with van der Waals surface area (Å²) in [6.45, 7) is 4.23. The van der Waals surface area contributed by atoms with Crippen molar-refractivity contribution < 1.29 is 0 Å². The van der Waals surface area contributed by atoms with Crippen molar-refractivity contribution in [2.45, 2.75) is 6.92 Å². The van der Waals surface area contributed by atoms with Crippen LogP contribution in [-0.2, 0) is 0 Å². The zero-order valence-electron chi connectivity index (χ0n) is 12.3. The van der Waals surface area contributed by atoms with Crippen LogP contribution >= 0.6 is 0 Å². The molecule has 0 fully saturated rings. The van der Waals surface area contributed by atoms with Crippen LogP contribution < -0.4 is 9.80 Å². The third-order valence-electron chi connectivity index (χ3n) is 3.89. The molecule has 0 atom stereocenters. The van der Waals surface area contributed by atoms with Crippen LogP contribution in [0.15, 0.2) is 72.9 Å². The van der Waals surface area contributed by atoms with E-state index in [2.05, 4.69) is 83.0 Å². The molecule has 1 radical (unpaired) electrons. The van der Waals surface area contributed by atoms with E-state index in [-0.39, 0.29) is 0 Å². The van der Waals surface area contributed by atoms with Crippen molar-refractivity contribution in [2.75, 3.05) is 9.80 Å². The summed E-state index contributed by atoms with van der Waals surface area (Å²) in [7, 11) is 0. The Kier molecular flexibility index (Phi) is 3.04. The van der Waals surface area contributed by atoms with Crippen molar-refractivity contribution >= 4 is 22.9 Å². The molecule has 0 saturated heterocycles. The standard InChI is InChI=1S/C19H16N3/c1-15-8-5-6-11-17(15)22-14-21(16-9-3-2-4-10-16)18-12-7-13-20-19(18)22/h2-14H,1H3. The topological polar surface area (TPSA) is 19.4 Å². The SMILES string of the molecule is Cc1ccccc1N1[CH]N(c2ccccc2)c2cccnc21. The molecule has 3 nitrogen and oxygen atoms in total. The molecule has 3 heteroatoms. The van der Waals surface area contributed by atoms with Gasteiger partial charge in [-0.05, 0) is 42.8 Å². The summed E-state index contributed by atoms with van der Waals surface area (Å²) in [5, 5.41) is 0. The Hall–Kier alpha value is -2.81. The smallest absolute Gasteiger partial charge is 0.158 e. The molecule has 22 heavy (non-hydrogen) atoms. The number of nitrogens with zero attached hydrogens (tertiary/aromatic N) is 3. The first kappa shape index (κ1) is 12.9. The molecule has 0 saturated carbocycles. The van der Waals surface area contributed by atoms with E-state index in [0.29, 0.717) is 0 Å². The third kappa shape index (κ3) is 2.02. The zero-order valence-corrected chi connectivity index (χ0v) is 12.3. The van der Waals surface area contributed by atoms with Gasteiger partial charge in [-0.1, -0.05) is 36.4 Å². The van der Waals surface area contributed by atoms with Gasteiger partial charge < -0.3 is 4.90 Å². The Morgan fingerprint density at radius 3 is 2.27 bits per heavy atom. The fourth-order valence-electron chi connectivity index (χ4n) is 2.80. The first-order valence-corrected chi connectivity index (χ1v) is 7.34. The number of para-hydroxylation sites is 2. The number of aryl methyl sites for hydroxylation is 1. The highest BCUT2D eigenvalue weighted by Crippen LogP contribution is 2.45. The number of fused-ring (bicyclic) bond motifs is 1. The van der Waals surface area contributed by atoms with Crippen LogP contribution in [0.4, 0.5) is 22.9 Å². The number of anilines is 4. The number of aromatic nitrogens is 1. The van der Waals surface area contributed by atoms with Gasteiger partial charge in [0.25, 0.3) is 0 Å². The van der Waals surface area contributed by atoms with Crippen LogP contribution in [0.5, 0.6) is 0 Å². The zero-order chi connectivity index (χ0) is 14.9. The predicted molar refractivity (Wildman–Crippen MR) is 90.4 cm³/mol. The molecule has 0 spiro atoms. The third-order valence-corrected chi connectivity index (χ3v) is 3.89. The van der Waals surface area contributed by atoms with Crippen LogP contribution in [-0.4, -0.2) is 4.98 Å². The monoisotopic (exact) mass is 286 g/mol. The lowest BCUT2D eigenvalue weighted by Crippen LogP contribution is -2.18. The normalized spacial score (nSPS) is 13.3. The molecule has 1 aromatic heterocycles. The first-order chi connectivity index (χ1) is 10.8. The van der Waals surface area contributed by atoms with Crippen molar-refractivity contribution in [1.82, 2.24) is 4.98 Å². The van der Waals surface area contributed by atoms with Gasteiger partial charge in [-0.3, -0.25) is 4.90 Å². The summed E-state index contributed by atoms with van der Waals surface area (Å²) >= 11 is 0. The average Bonchev–Trinajstić information content (AvgIpc) is 2.96. The molecule has 0 bridgehead atoms.